The molecule has 0 unspecified atom stereocenters. The van der Waals surface area contributed by atoms with E-state index in [-0.39, 0.29) is 6.61 Å². The molecule has 0 amide bonds. The van der Waals surface area contributed by atoms with Crippen LogP contribution >= 0.6 is 11.6 Å². The molecule has 0 radical (unpaired) electrons. The zero-order chi connectivity index (χ0) is 11.5. The van der Waals surface area contributed by atoms with E-state index in [0.29, 0.717) is 11.8 Å². The van der Waals surface area contributed by atoms with Crippen molar-refractivity contribution in [3.8, 4) is 5.75 Å². The van der Waals surface area contributed by atoms with E-state index in [9.17, 15) is 0 Å². The Kier molecular flexibility index (Phi) is 3.10. The van der Waals surface area contributed by atoms with E-state index in [0.717, 1.165) is 16.3 Å². The second-order valence-electron chi connectivity index (χ2n) is 3.41. The van der Waals surface area contributed by atoms with E-state index in [1.54, 1.807) is 19.1 Å². The zero-order valence-corrected chi connectivity index (χ0v) is 9.78. The molecule has 0 atom stereocenters. The Bertz CT molecular complexity index is 496. The molecule has 0 N–H and O–H groups in total. The predicted octanol–water partition coefficient (Wildman–Crippen LogP) is 2.92. The van der Waals surface area contributed by atoms with E-state index in [1.807, 2.05) is 13.0 Å². The minimum Gasteiger partial charge on any atom is -0.484 e. The predicted molar refractivity (Wildman–Crippen MR) is 59.6 cm³/mol. The molecule has 2 aromatic rings. The van der Waals surface area contributed by atoms with Gasteiger partial charge < -0.3 is 9.15 Å². The second-order valence-corrected chi connectivity index (χ2v) is 3.82. The lowest BCUT2D eigenvalue weighted by Crippen LogP contribution is -1.96. The summed E-state index contributed by atoms with van der Waals surface area (Å²) in [5, 5.41) is 8.27. The van der Waals surface area contributed by atoms with Crippen LogP contribution in [0.5, 0.6) is 5.75 Å². The molecule has 0 fully saturated rings. The van der Waals surface area contributed by atoms with Gasteiger partial charge in [0.05, 0.1) is 0 Å². The molecule has 5 heteroatoms. The quantitative estimate of drug-likeness (QED) is 0.825. The van der Waals surface area contributed by atoms with Crippen molar-refractivity contribution in [3.63, 3.8) is 0 Å². The number of rotatable bonds is 3. The third-order valence-electron chi connectivity index (χ3n) is 2.06. The maximum atomic E-state index is 5.90. The molecule has 0 aliphatic carbocycles. The molecule has 0 saturated carbocycles. The van der Waals surface area contributed by atoms with Crippen LogP contribution in [0.1, 0.15) is 17.3 Å². The maximum absolute atomic E-state index is 5.90. The van der Waals surface area contributed by atoms with Gasteiger partial charge in [0.25, 0.3) is 5.89 Å². The monoisotopic (exact) mass is 238 g/mol. The van der Waals surface area contributed by atoms with Gasteiger partial charge >= 0.3 is 0 Å². The van der Waals surface area contributed by atoms with Crippen molar-refractivity contribution in [3.05, 3.63) is 40.6 Å². The summed E-state index contributed by atoms with van der Waals surface area (Å²) in [6, 6.07) is 5.47. The normalized spacial score (nSPS) is 10.4. The smallest absolute Gasteiger partial charge is 0.253 e. The Hall–Kier alpha value is -1.55. The lowest BCUT2D eigenvalue weighted by molar-refractivity contribution is 0.260. The van der Waals surface area contributed by atoms with Crippen LogP contribution in [0.25, 0.3) is 0 Å². The molecule has 0 spiro atoms. The second kappa shape index (κ2) is 4.53. The van der Waals surface area contributed by atoms with Crippen molar-refractivity contribution in [2.45, 2.75) is 20.5 Å². The first kappa shape index (κ1) is 11.0. The average Bonchev–Trinajstić information content (AvgIpc) is 2.66. The summed E-state index contributed by atoms with van der Waals surface area (Å²) in [5.41, 5.74) is 0.973. The van der Waals surface area contributed by atoms with Crippen LogP contribution in [0.2, 0.25) is 5.02 Å². The summed E-state index contributed by atoms with van der Waals surface area (Å²) in [6.07, 6.45) is 0. The summed E-state index contributed by atoms with van der Waals surface area (Å²) < 4.78 is 10.7. The number of hydrogen-bond acceptors (Lipinski definition) is 4. The van der Waals surface area contributed by atoms with Crippen molar-refractivity contribution >= 4 is 11.6 Å². The third-order valence-corrected chi connectivity index (χ3v) is 2.48. The third kappa shape index (κ3) is 2.52. The summed E-state index contributed by atoms with van der Waals surface area (Å²) >= 11 is 5.90. The van der Waals surface area contributed by atoms with Crippen molar-refractivity contribution in [2.75, 3.05) is 0 Å². The van der Waals surface area contributed by atoms with Gasteiger partial charge in [-0.25, -0.2) is 0 Å². The van der Waals surface area contributed by atoms with Crippen LogP contribution in [0.15, 0.2) is 22.6 Å². The van der Waals surface area contributed by atoms with Gasteiger partial charge in [-0.15, -0.1) is 10.2 Å². The van der Waals surface area contributed by atoms with Gasteiger partial charge in [0.2, 0.25) is 5.89 Å². The van der Waals surface area contributed by atoms with Gasteiger partial charge in [-0.1, -0.05) is 11.6 Å². The average molecular weight is 239 g/mol. The molecular weight excluding hydrogens is 228 g/mol. The van der Waals surface area contributed by atoms with E-state index < -0.39 is 0 Å². The highest BCUT2D eigenvalue weighted by Gasteiger charge is 2.04. The number of hydrogen-bond donors (Lipinski definition) is 0. The van der Waals surface area contributed by atoms with Crippen LogP contribution in [0.4, 0.5) is 0 Å². The minimum absolute atomic E-state index is 0.266. The molecule has 84 valence electrons. The molecule has 16 heavy (non-hydrogen) atoms. The van der Waals surface area contributed by atoms with Gasteiger partial charge in [-0.3, -0.25) is 0 Å². The Morgan fingerprint density at radius 1 is 1.31 bits per heavy atom. The number of halogens is 1. The van der Waals surface area contributed by atoms with E-state index in [2.05, 4.69) is 10.2 Å². The van der Waals surface area contributed by atoms with E-state index in [4.69, 9.17) is 20.8 Å². The first-order valence-electron chi connectivity index (χ1n) is 4.83. The first-order chi connectivity index (χ1) is 7.65. The number of ether oxygens (including phenoxy) is 1. The van der Waals surface area contributed by atoms with E-state index in [1.165, 1.54) is 0 Å². The Morgan fingerprint density at radius 3 is 2.75 bits per heavy atom. The lowest BCUT2D eigenvalue weighted by Gasteiger charge is -2.04. The van der Waals surface area contributed by atoms with Crippen LogP contribution in [0, 0.1) is 13.8 Å². The van der Waals surface area contributed by atoms with Gasteiger partial charge in [-0.05, 0) is 30.7 Å². The minimum atomic E-state index is 0.266. The molecule has 0 saturated heterocycles. The van der Waals surface area contributed by atoms with Gasteiger partial charge in [-0.2, -0.15) is 0 Å². The fourth-order valence-electron chi connectivity index (χ4n) is 1.25. The van der Waals surface area contributed by atoms with Gasteiger partial charge in [0.1, 0.15) is 5.75 Å². The van der Waals surface area contributed by atoms with E-state index >= 15 is 0 Å². The molecular formula is C11H11ClN2O2. The van der Waals surface area contributed by atoms with Crippen molar-refractivity contribution in [1.82, 2.24) is 10.2 Å². The summed E-state index contributed by atoms with van der Waals surface area (Å²) in [6.45, 7) is 3.93. The molecule has 1 aromatic carbocycles. The highest BCUT2D eigenvalue weighted by molar-refractivity contribution is 6.31. The molecule has 2 rings (SSSR count). The highest BCUT2D eigenvalue weighted by atomic mass is 35.5. The van der Waals surface area contributed by atoms with Crippen molar-refractivity contribution in [1.29, 1.82) is 0 Å². The Labute approximate surface area is 98.2 Å². The zero-order valence-electron chi connectivity index (χ0n) is 9.03. The lowest BCUT2D eigenvalue weighted by atomic mass is 10.2. The fourth-order valence-corrected chi connectivity index (χ4v) is 1.37. The number of nitrogens with zero attached hydrogens (tertiary/aromatic N) is 2. The maximum Gasteiger partial charge on any atom is 0.253 e. The first-order valence-corrected chi connectivity index (χ1v) is 5.21. The number of benzene rings is 1. The molecule has 1 aromatic heterocycles. The summed E-state index contributed by atoms with van der Waals surface area (Å²) in [5.74, 6) is 1.73. The fraction of sp³-hybridized carbons (Fsp3) is 0.273. The molecule has 4 nitrogen and oxygen atoms in total. The Balaban J connectivity index is 2.02. The molecule has 1 heterocycles. The van der Waals surface area contributed by atoms with Crippen LogP contribution in [-0.4, -0.2) is 10.2 Å². The summed E-state index contributed by atoms with van der Waals surface area (Å²) in [4.78, 5) is 0. The highest BCUT2D eigenvalue weighted by Crippen LogP contribution is 2.21. The number of aryl methyl sites for hydroxylation is 2. The van der Waals surface area contributed by atoms with Crippen molar-refractivity contribution in [2.24, 2.45) is 0 Å². The number of aromatic nitrogens is 2. The van der Waals surface area contributed by atoms with Gasteiger partial charge in [0.15, 0.2) is 6.61 Å². The van der Waals surface area contributed by atoms with Gasteiger partial charge in [0, 0.05) is 11.9 Å². The largest absolute Gasteiger partial charge is 0.484 e. The van der Waals surface area contributed by atoms with Crippen LogP contribution in [0.3, 0.4) is 0 Å². The van der Waals surface area contributed by atoms with Crippen LogP contribution < -0.4 is 4.74 Å². The topological polar surface area (TPSA) is 48.2 Å². The molecule has 0 aliphatic rings. The molecule has 0 bridgehead atoms. The van der Waals surface area contributed by atoms with Crippen LogP contribution in [-0.2, 0) is 6.61 Å². The van der Waals surface area contributed by atoms with Crippen molar-refractivity contribution < 1.29 is 9.15 Å². The summed E-state index contributed by atoms with van der Waals surface area (Å²) in [7, 11) is 0. The molecule has 0 aliphatic heterocycles. The Morgan fingerprint density at radius 2 is 2.12 bits per heavy atom. The standard InChI is InChI=1S/C11H11ClN2O2/c1-7-5-9(3-4-10(7)12)15-6-11-14-13-8(2)16-11/h3-5H,6H2,1-2H3. The SMILES string of the molecule is Cc1nnc(COc2ccc(Cl)c(C)c2)o1.